The molecule has 6 nitrogen and oxygen atoms in total. The Bertz CT molecular complexity index is 668. The first-order valence-electron chi connectivity index (χ1n) is 6.38. The van der Waals surface area contributed by atoms with Gasteiger partial charge in [-0.15, -0.1) is 0 Å². The number of rotatable bonds is 4. The molecule has 1 amide bonds. The summed E-state index contributed by atoms with van der Waals surface area (Å²) >= 11 is 0. The van der Waals surface area contributed by atoms with Crippen LogP contribution in [0.4, 0.5) is 11.4 Å². The molecule has 1 atom stereocenters. The zero-order valence-electron chi connectivity index (χ0n) is 11.4. The normalized spacial score (nSPS) is 11.7. The van der Waals surface area contributed by atoms with Gasteiger partial charge in [0.05, 0.1) is 11.0 Å². The van der Waals surface area contributed by atoms with Crippen LogP contribution in [0.25, 0.3) is 0 Å². The van der Waals surface area contributed by atoms with E-state index in [-0.39, 0.29) is 17.6 Å². The van der Waals surface area contributed by atoms with Crippen LogP contribution in [0.5, 0.6) is 0 Å². The van der Waals surface area contributed by atoms with E-state index in [1.54, 1.807) is 43.3 Å². The molecule has 2 aromatic carbocycles. The van der Waals surface area contributed by atoms with Gasteiger partial charge < -0.3 is 11.1 Å². The van der Waals surface area contributed by atoms with Crippen molar-refractivity contribution >= 4 is 17.3 Å². The summed E-state index contributed by atoms with van der Waals surface area (Å²) in [6.07, 6.45) is 0. The highest BCUT2D eigenvalue weighted by Crippen LogP contribution is 2.19. The molecule has 2 rings (SSSR count). The van der Waals surface area contributed by atoms with E-state index >= 15 is 0 Å². The molecule has 0 saturated carbocycles. The Labute approximate surface area is 121 Å². The predicted molar refractivity (Wildman–Crippen MR) is 79.8 cm³/mol. The molecule has 6 heteroatoms. The number of anilines is 1. The van der Waals surface area contributed by atoms with Crippen molar-refractivity contribution in [2.24, 2.45) is 0 Å². The molecule has 3 N–H and O–H groups in total. The number of benzene rings is 2. The first-order chi connectivity index (χ1) is 9.97. The number of hydrogen-bond acceptors (Lipinski definition) is 4. The molecule has 0 fully saturated rings. The van der Waals surface area contributed by atoms with Gasteiger partial charge in [0.15, 0.2) is 0 Å². The number of amides is 1. The van der Waals surface area contributed by atoms with Gasteiger partial charge in [0.25, 0.3) is 11.6 Å². The Hall–Kier alpha value is -2.89. The summed E-state index contributed by atoms with van der Waals surface area (Å²) in [5.74, 6) is -0.256. The molecule has 0 heterocycles. The maximum Gasteiger partial charge on any atom is 0.269 e. The lowest BCUT2D eigenvalue weighted by molar-refractivity contribution is -0.384. The van der Waals surface area contributed by atoms with Gasteiger partial charge >= 0.3 is 0 Å². The average Bonchev–Trinajstić information content (AvgIpc) is 2.48. The van der Waals surface area contributed by atoms with Crippen molar-refractivity contribution in [1.82, 2.24) is 5.32 Å². The van der Waals surface area contributed by atoms with E-state index in [2.05, 4.69) is 5.32 Å². The van der Waals surface area contributed by atoms with E-state index in [1.165, 1.54) is 12.1 Å². The number of nitrogens with zero attached hydrogens (tertiary/aromatic N) is 1. The van der Waals surface area contributed by atoms with Crippen molar-refractivity contribution in [1.29, 1.82) is 0 Å². The van der Waals surface area contributed by atoms with Crippen molar-refractivity contribution < 1.29 is 9.72 Å². The molecule has 0 bridgehead atoms. The highest BCUT2D eigenvalue weighted by Gasteiger charge is 2.14. The summed E-state index contributed by atoms with van der Waals surface area (Å²) in [6, 6.07) is 12.4. The second kappa shape index (κ2) is 6.04. The van der Waals surface area contributed by atoms with Crippen LogP contribution in [0.15, 0.2) is 48.5 Å². The number of nitro benzene ring substituents is 1. The fourth-order valence-electron chi connectivity index (χ4n) is 1.91. The lowest BCUT2D eigenvalue weighted by Crippen LogP contribution is -2.26. The number of nitrogens with one attached hydrogen (secondary N) is 1. The fraction of sp³-hybridized carbons (Fsp3) is 0.133. The summed E-state index contributed by atoms with van der Waals surface area (Å²) in [5.41, 5.74) is 7.31. The monoisotopic (exact) mass is 285 g/mol. The van der Waals surface area contributed by atoms with Gasteiger partial charge in [0, 0.05) is 23.4 Å². The third-order valence-electron chi connectivity index (χ3n) is 3.10. The van der Waals surface area contributed by atoms with Crippen molar-refractivity contribution in [3.63, 3.8) is 0 Å². The van der Waals surface area contributed by atoms with Crippen LogP contribution in [0.2, 0.25) is 0 Å². The number of nitro groups is 1. The van der Waals surface area contributed by atoms with Crippen LogP contribution in [-0.4, -0.2) is 10.8 Å². The first-order valence-corrected chi connectivity index (χ1v) is 6.38. The molecule has 0 aliphatic heterocycles. The number of non-ortho nitro benzene ring substituents is 1. The summed E-state index contributed by atoms with van der Waals surface area (Å²) in [7, 11) is 0. The van der Waals surface area contributed by atoms with Gasteiger partial charge in [-0.05, 0) is 36.8 Å². The van der Waals surface area contributed by atoms with Crippen LogP contribution in [0.3, 0.4) is 0 Å². The van der Waals surface area contributed by atoms with E-state index in [0.717, 1.165) is 0 Å². The summed E-state index contributed by atoms with van der Waals surface area (Å²) in [5, 5.41) is 13.6. The van der Waals surface area contributed by atoms with Crippen molar-refractivity contribution in [3.8, 4) is 0 Å². The van der Waals surface area contributed by atoms with Crippen molar-refractivity contribution in [2.45, 2.75) is 13.0 Å². The van der Waals surface area contributed by atoms with E-state index in [4.69, 9.17) is 5.73 Å². The molecule has 2 aromatic rings. The minimum absolute atomic E-state index is 0.00100. The maximum absolute atomic E-state index is 12.1. The van der Waals surface area contributed by atoms with E-state index in [9.17, 15) is 14.9 Å². The Morgan fingerprint density at radius 1 is 1.24 bits per heavy atom. The summed E-state index contributed by atoms with van der Waals surface area (Å²) in [6.45, 7) is 1.77. The molecule has 1 unspecified atom stereocenters. The smallest absolute Gasteiger partial charge is 0.269 e. The highest BCUT2D eigenvalue weighted by atomic mass is 16.6. The summed E-state index contributed by atoms with van der Waals surface area (Å²) < 4.78 is 0. The lowest BCUT2D eigenvalue weighted by Gasteiger charge is -2.14. The van der Waals surface area contributed by atoms with E-state index in [1.807, 2.05) is 0 Å². The molecule has 0 radical (unpaired) electrons. The van der Waals surface area contributed by atoms with Crippen molar-refractivity contribution in [2.75, 3.05) is 5.73 Å². The van der Waals surface area contributed by atoms with Gasteiger partial charge in [0.1, 0.15) is 0 Å². The molecule has 0 aliphatic rings. The van der Waals surface area contributed by atoms with Gasteiger partial charge in [-0.1, -0.05) is 12.1 Å². The quantitative estimate of drug-likeness (QED) is 0.512. The van der Waals surface area contributed by atoms with Crippen LogP contribution < -0.4 is 11.1 Å². The molecule has 0 spiro atoms. The lowest BCUT2D eigenvalue weighted by atomic mass is 10.1. The first kappa shape index (κ1) is 14.5. The van der Waals surface area contributed by atoms with Crippen LogP contribution >= 0.6 is 0 Å². The number of nitrogen functional groups attached to an aromatic ring is 1. The Morgan fingerprint density at radius 2 is 1.90 bits per heavy atom. The average molecular weight is 285 g/mol. The van der Waals surface area contributed by atoms with Crippen LogP contribution in [0.1, 0.15) is 28.9 Å². The molecule has 0 aliphatic carbocycles. The second-order valence-electron chi connectivity index (χ2n) is 4.67. The fourth-order valence-corrected chi connectivity index (χ4v) is 1.91. The number of carbonyl (C=O) groups is 1. The molecule has 108 valence electrons. The maximum atomic E-state index is 12.1. The predicted octanol–water partition coefficient (Wildman–Crippen LogP) is 2.67. The van der Waals surface area contributed by atoms with Crippen molar-refractivity contribution in [3.05, 3.63) is 69.8 Å². The number of nitrogens with two attached hydrogens (primary N) is 1. The third kappa shape index (κ3) is 3.56. The molecular weight excluding hydrogens is 270 g/mol. The minimum Gasteiger partial charge on any atom is -0.399 e. The van der Waals surface area contributed by atoms with Crippen LogP contribution in [0, 0.1) is 10.1 Å². The Kier molecular flexibility index (Phi) is 4.18. The Morgan fingerprint density at radius 3 is 2.52 bits per heavy atom. The largest absolute Gasteiger partial charge is 0.399 e. The van der Waals surface area contributed by atoms with Gasteiger partial charge in [-0.3, -0.25) is 14.9 Å². The van der Waals surface area contributed by atoms with E-state index in [0.29, 0.717) is 16.8 Å². The topological polar surface area (TPSA) is 98.3 Å². The third-order valence-corrected chi connectivity index (χ3v) is 3.10. The Balaban J connectivity index is 2.12. The van der Waals surface area contributed by atoms with Crippen LogP contribution in [-0.2, 0) is 0 Å². The van der Waals surface area contributed by atoms with Gasteiger partial charge in [-0.25, -0.2) is 0 Å². The molecule has 21 heavy (non-hydrogen) atoms. The summed E-state index contributed by atoms with van der Waals surface area (Å²) in [4.78, 5) is 22.4. The number of carbonyl (C=O) groups excluding carboxylic acids is 1. The highest BCUT2D eigenvalue weighted by molar-refractivity contribution is 5.94. The standard InChI is InChI=1S/C15H15N3O3/c1-10(12-3-2-4-14(9-12)18(20)21)17-15(19)11-5-7-13(16)8-6-11/h2-10H,16H2,1H3,(H,17,19). The SMILES string of the molecule is CC(NC(=O)c1ccc(N)cc1)c1cccc([N+](=O)[O-])c1. The second-order valence-corrected chi connectivity index (χ2v) is 4.67. The minimum atomic E-state index is -0.460. The van der Waals surface area contributed by atoms with E-state index < -0.39 is 4.92 Å². The number of hydrogen-bond donors (Lipinski definition) is 2. The molecule has 0 aromatic heterocycles. The molecular formula is C15H15N3O3. The van der Waals surface area contributed by atoms with Gasteiger partial charge in [-0.2, -0.15) is 0 Å². The zero-order valence-corrected chi connectivity index (χ0v) is 11.4. The zero-order chi connectivity index (χ0) is 15.4. The molecule has 0 saturated heterocycles. The van der Waals surface area contributed by atoms with Gasteiger partial charge in [0.2, 0.25) is 0 Å².